The van der Waals surface area contributed by atoms with Gasteiger partial charge < -0.3 is 15.0 Å². The zero-order valence-corrected chi connectivity index (χ0v) is 15.7. The molecule has 0 spiro atoms. The lowest BCUT2D eigenvalue weighted by Crippen LogP contribution is -2.40. The van der Waals surface area contributed by atoms with Gasteiger partial charge in [-0.1, -0.05) is 30.3 Å². The molecule has 0 bridgehead atoms. The average Bonchev–Trinajstić information content (AvgIpc) is 3.14. The lowest BCUT2D eigenvalue weighted by atomic mass is 9.99. The van der Waals surface area contributed by atoms with Crippen LogP contribution in [0.1, 0.15) is 24.5 Å². The molecule has 1 atom stereocenters. The maximum absolute atomic E-state index is 5.19. The Labute approximate surface area is 156 Å². The van der Waals surface area contributed by atoms with E-state index < -0.39 is 0 Å². The Morgan fingerprint density at radius 2 is 2.12 bits per heavy atom. The lowest BCUT2D eigenvalue weighted by Gasteiger charge is -2.21. The molecule has 3 rings (SSSR count). The second-order valence-electron chi connectivity index (χ2n) is 6.67. The van der Waals surface area contributed by atoms with Crippen LogP contribution in [0.25, 0.3) is 0 Å². The number of rotatable bonds is 6. The van der Waals surface area contributed by atoms with Crippen molar-refractivity contribution in [2.75, 3.05) is 26.7 Å². The van der Waals surface area contributed by atoms with E-state index in [0.29, 0.717) is 18.3 Å². The third-order valence-electron chi connectivity index (χ3n) is 4.71. The largest absolute Gasteiger partial charge is 0.481 e. The Hall–Kier alpha value is -2.56. The maximum Gasteiger partial charge on any atom is 0.213 e. The Kier molecular flexibility index (Phi) is 6.47. The number of nitrogens with one attached hydrogen (secondary N) is 1. The summed E-state index contributed by atoms with van der Waals surface area (Å²) < 4.78 is 5.19. The van der Waals surface area contributed by atoms with E-state index in [1.165, 1.54) is 12.0 Å². The van der Waals surface area contributed by atoms with Gasteiger partial charge in [-0.15, -0.1) is 0 Å². The quantitative estimate of drug-likeness (QED) is 0.641. The molecule has 0 aliphatic carbocycles. The van der Waals surface area contributed by atoms with Crippen LogP contribution >= 0.6 is 0 Å². The second kappa shape index (κ2) is 9.22. The van der Waals surface area contributed by atoms with Crippen LogP contribution < -0.4 is 10.1 Å². The molecule has 5 nitrogen and oxygen atoms in total. The summed E-state index contributed by atoms with van der Waals surface area (Å²) in [6.45, 7) is 5.73. The molecule has 2 aromatic rings. The third-order valence-corrected chi connectivity index (χ3v) is 4.71. The molecule has 138 valence electrons. The molecule has 1 fully saturated rings. The van der Waals surface area contributed by atoms with Crippen molar-refractivity contribution in [2.24, 2.45) is 10.9 Å². The van der Waals surface area contributed by atoms with Gasteiger partial charge in [0.25, 0.3) is 0 Å². The molecule has 0 saturated carbocycles. The topological polar surface area (TPSA) is 49.8 Å². The molecule has 1 aliphatic rings. The summed E-state index contributed by atoms with van der Waals surface area (Å²) in [6, 6.07) is 14.7. The van der Waals surface area contributed by atoms with E-state index in [1.54, 1.807) is 13.3 Å². The van der Waals surface area contributed by atoms with Crippen molar-refractivity contribution in [3.05, 3.63) is 59.8 Å². The van der Waals surface area contributed by atoms with Gasteiger partial charge in [0.1, 0.15) is 0 Å². The van der Waals surface area contributed by atoms with Gasteiger partial charge in [-0.05, 0) is 42.9 Å². The van der Waals surface area contributed by atoms with Crippen molar-refractivity contribution in [1.82, 2.24) is 15.2 Å². The van der Waals surface area contributed by atoms with E-state index >= 15 is 0 Å². The summed E-state index contributed by atoms with van der Waals surface area (Å²) in [5.41, 5.74) is 2.53. The Morgan fingerprint density at radius 1 is 1.27 bits per heavy atom. The van der Waals surface area contributed by atoms with Gasteiger partial charge in [0.05, 0.1) is 13.7 Å². The number of ether oxygens (including phenoxy) is 1. The Balaban J connectivity index is 1.62. The van der Waals surface area contributed by atoms with Crippen molar-refractivity contribution in [3.63, 3.8) is 0 Å². The summed E-state index contributed by atoms with van der Waals surface area (Å²) in [6.07, 6.45) is 4.11. The third kappa shape index (κ3) is 4.97. The molecule has 26 heavy (non-hydrogen) atoms. The molecule has 1 aromatic carbocycles. The van der Waals surface area contributed by atoms with Crippen molar-refractivity contribution in [1.29, 1.82) is 0 Å². The van der Waals surface area contributed by atoms with Crippen molar-refractivity contribution in [2.45, 2.75) is 26.3 Å². The van der Waals surface area contributed by atoms with Gasteiger partial charge in [0, 0.05) is 31.9 Å². The number of aliphatic imine (C=N–C) groups is 1. The minimum absolute atomic E-state index is 0.626. The van der Waals surface area contributed by atoms with Gasteiger partial charge in [-0.3, -0.25) is 0 Å². The smallest absolute Gasteiger partial charge is 0.213 e. The minimum atomic E-state index is 0.626. The van der Waals surface area contributed by atoms with Crippen LogP contribution in [0.5, 0.6) is 5.88 Å². The molecule has 1 unspecified atom stereocenters. The molecule has 0 amide bonds. The molecule has 5 heteroatoms. The highest BCUT2D eigenvalue weighted by Crippen LogP contribution is 2.21. The monoisotopic (exact) mass is 352 g/mol. The number of methoxy groups -OCH3 is 1. The van der Waals surface area contributed by atoms with Crippen LogP contribution in [-0.4, -0.2) is 42.6 Å². The number of hydrogen-bond acceptors (Lipinski definition) is 3. The maximum atomic E-state index is 5.19. The summed E-state index contributed by atoms with van der Waals surface area (Å²) in [7, 11) is 1.64. The van der Waals surface area contributed by atoms with Gasteiger partial charge in [-0.2, -0.15) is 0 Å². The number of likely N-dealkylation sites (tertiary alicyclic amines) is 1. The standard InChI is InChI=1S/C21H28N4O/c1-3-22-21(24-15-18-9-11-23-20(14-18)26-2)25-12-10-19(16-25)13-17-7-5-4-6-8-17/h4-9,11,14,19H,3,10,12-13,15-16H2,1-2H3,(H,22,24). The first-order chi connectivity index (χ1) is 12.8. The zero-order chi connectivity index (χ0) is 18.2. The molecular weight excluding hydrogens is 324 g/mol. The van der Waals surface area contributed by atoms with E-state index in [1.807, 2.05) is 12.1 Å². The Morgan fingerprint density at radius 3 is 2.88 bits per heavy atom. The highest BCUT2D eigenvalue weighted by Gasteiger charge is 2.24. The number of guanidine groups is 1. The molecular formula is C21H28N4O. The summed E-state index contributed by atoms with van der Waals surface area (Å²) in [5.74, 6) is 2.31. The normalized spacial score (nSPS) is 17.4. The highest BCUT2D eigenvalue weighted by atomic mass is 16.5. The number of pyridine rings is 1. The van der Waals surface area contributed by atoms with Gasteiger partial charge in [0.15, 0.2) is 5.96 Å². The van der Waals surface area contributed by atoms with Crippen LogP contribution in [0.15, 0.2) is 53.7 Å². The van der Waals surface area contributed by atoms with Crippen LogP contribution in [0.2, 0.25) is 0 Å². The van der Waals surface area contributed by atoms with Crippen molar-refractivity contribution >= 4 is 5.96 Å². The highest BCUT2D eigenvalue weighted by molar-refractivity contribution is 5.80. The van der Waals surface area contributed by atoms with E-state index in [9.17, 15) is 0 Å². The Bertz CT molecular complexity index is 717. The van der Waals surface area contributed by atoms with Crippen molar-refractivity contribution < 1.29 is 4.74 Å². The number of benzene rings is 1. The first-order valence-electron chi connectivity index (χ1n) is 9.34. The fraction of sp³-hybridized carbons (Fsp3) is 0.429. The molecule has 0 radical (unpaired) electrons. The van der Waals surface area contributed by atoms with Crippen LogP contribution in [0.3, 0.4) is 0 Å². The predicted octanol–water partition coefficient (Wildman–Crippen LogP) is 3.12. The molecule has 1 saturated heterocycles. The van der Waals surface area contributed by atoms with Gasteiger partial charge in [-0.25, -0.2) is 9.98 Å². The number of nitrogens with zero attached hydrogens (tertiary/aromatic N) is 3. The second-order valence-corrected chi connectivity index (χ2v) is 6.67. The van der Waals surface area contributed by atoms with Crippen LogP contribution in [0, 0.1) is 5.92 Å². The summed E-state index contributed by atoms with van der Waals surface area (Å²) in [5, 5.41) is 3.44. The fourth-order valence-electron chi connectivity index (χ4n) is 3.39. The van der Waals surface area contributed by atoms with E-state index in [-0.39, 0.29) is 0 Å². The van der Waals surface area contributed by atoms with Gasteiger partial charge in [0.2, 0.25) is 5.88 Å². The fourth-order valence-corrected chi connectivity index (χ4v) is 3.39. The molecule has 1 aliphatic heterocycles. The molecule has 1 N–H and O–H groups in total. The van der Waals surface area contributed by atoms with Crippen LogP contribution in [0.4, 0.5) is 0 Å². The number of aromatic nitrogens is 1. The summed E-state index contributed by atoms with van der Waals surface area (Å²) in [4.78, 5) is 11.4. The summed E-state index contributed by atoms with van der Waals surface area (Å²) >= 11 is 0. The van der Waals surface area contributed by atoms with E-state index in [0.717, 1.165) is 37.6 Å². The predicted molar refractivity (Wildman–Crippen MR) is 105 cm³/mol. The first-order valence-corrected chi connectivity index (χ1v) is 9.34. The van der Waals surface area contributed by atoms with Gasteiger partial charge >= 0.3 is 0 Å². The zero-order valence-electron chi connectivity index (χ0n) is 15.7. The van der Waals surface area contributed by atoms with E-state index in [2.05, 4.69) is 52.5 Å². The van der Waals surface area contributed by atoms with Crippen molar-refractivity contribution in [3.8, 4) is 5.88 Å². The SMILES string of the molecule is CCNC(=NCc1ccnc(OC)c1)N1CCC(Cc2ccccc2)C1. The number of hydrogen-bond donors (Lipinski definition) is 1. The molecule has 1 aromatic heterocycles. The average molecular weight is 352 g/mol. The van der Waals surface area contributed by atoms with E-state index in [4.69, 9.17) is 9.73 Å². The van der Waals surface area contributed by atoms with Crippen LogP contribution in [-0.2, 0) is 13.0 Å². The first kappa shape index (κ1) is 18.2. The molecule has 2 heterocycles. The lowest BCUT2D eigenvalue weighted by molar-refractivity contribution is 0.397. The minimum Gasteiger partial charge on any atom is -0.481 e.